The maximum atomic E-state index is 6.03. The van der Waals surface area contributed by atoms with Crippen molar-refractivity contribution in [1.82, 2.24) is 5.32 Å². The summed E-state index contributed by atoms with van der Waals surface area (Å²) in [6.07, 6.45) is 5.21. The molecular weight excluding hydrogens is 230 g/mol. The van der Waals surface area contributed by atoms with Crippen molar-refractivity contribution in [1.29, 1.82) is 0 Å². The molecule has 0 amide bonds. The van der Waals surface area contributed by atoms with E-state index in [1.54, 1.807) is 0 Å². The van der Waals surface area contributed by atoms with Gasteiger partial charge in [-0.1, -0.05) is 37.1 Å². The van der Waals surface area contributed by atoms with Crippen LogP contribution in [0, 0.1) is 11.8 Å². The van der Waals surface area contributed by atoms with Gasteiger partial charge in [0, 0.05) is 11.1 Å². The number of nitrogens with one attached hydrogen (secondary N) is 1. The topological polar surface area (TPSA) is 12.0 Å². The Morgan fingerprint density at radius 1 is 1.41 bits per heavy atom. The van der Waals surface area contributed by atoms with Crippen LogP contribution in [0.4, 0.5) is 0 Å². The molecule has 0 heterocycles. The first-order chi connectivity index (χ1) is 8.19. The summed E-state index contributed by atoms with van der Waals surface area (Å²) >= 11 is 6.03. The first kappa shape index (κ1) is 12.9. The maximum Gasteiger partial charge on any atom is 0.0408 e. The molecule has 1 aliphatic carbocycles. The van der Waals surface area contributed by atoms with Crippen LogP contribution in [0.2, 0.25) is 5.02 Å². The maximum absolute atomic E-state index is 6.03. The van der Waals surface area contributed by atoms with E-state index in [1.807, 2.05) is 12.1 Å². The van der Waals surface area contributed by atoms with E-state index >= 15 is 0 Å². The fraction of sp³-hybridized carbons (Fsp3) is 0.600. The van der Waals surface area contributed by atoms with E-state index < -0.39 is 0 Å². The molecule has 0 bridgehead atoms. The molecule has 1 saturated carbocycles. The summed E-state index contributed by atoms with van der Waals surface area (Å²) in [5, 5.41) is 4.33. The first-order valence-corrected chi connectivity index (χ1v) is 6.98. The molecule has 0 spiro atoms. The highest BCUT2D eigenvalue weighted by atomic mass is 35.5. The lowest BCUT2D eigenvalue weighted by molar-refractivity contribution is 0.367. The summed E-state index contributed by atoms with van der Waals surface area (Å²) < 4.78 is 0. The summed E-state index contributed by atoms with van der Waals surface area (Å²) in [7, 11) is 2.08. The molecule has 3 unspecified atom stereocenters. The second-order valence-electron chi connectivity index (χ2n) is 5.41. The van der Waals surface area contributed by atoms with Crippen molar-refractivity contribution < 1.29 is 0 Å². The Balaban J connectivity index is 2.00. The van der Waals surface area contributed by atoms with Gasteiger partial charge in [0.1, 0.15) is 0 Å². The predicted molar refractivity (Wildman–Crippen MR) is 74.5 cm³/mol. The Labute approximate surface area is 110 Å². The van der Waals surface area contributed by atoms with E-state index in [-0.39, 0.29) is 0 Å². The van der Waals surface area contributed by atoms with Crippen LogP contribution in [0.25, 0.3) is 0 Å². The van der Waals surface area contributed by atoms with Crippen LogP contribution in [0.5, 0.6) is 0 Å². The molecule has 3 atom stereocenters. The van der Waals surface area contributed by atoms with Crippen molar-refractivity contribution in [3.8, 4) is 0 Å². The Morgan fingerprint density at radius 3 is 2.82 bits per heavy atom. The highest BCUT2D eigenvalue weighted by Crippen LogP contribution is 2.33. The lowest BCUT2D eigenvalue weighted by Crippen LogP contribution is -2.34. The third kappa shape index (κ3) is 3.46. The lowest BCUT2D eigenvalue weighted by atomic mass is 9.91. The molecule has 1 aliphatic rings. The molecular formula is C15H22ClN. The third-order valence-electron chi connectivity index (χ3n) is 4.02. The molecule has 1 N–H and O–H groups in total. The van der Waals surface area contributed by atoms with Crippen molar-refractivity contribution in [3.05, 3.63) is 34.9 Å². The molecule has 17 heavy (non-hydrogen) atoms. The highest BCUT2D eigenvalue weighted by Gasteiger charge is 2.27. The predicted octanol–water partition coefficient (Wildman–Crippen LogP) is 3.91. The number of hydrogen-bond acceptors (Lipinski definition) is 1. The summed E-state index contributed by atoms with van der Waals surface area (Å²) in [5.41, 5.74) is 1.34. The second kappa shape index (κ2) is 5.88. The van der Waals surface area contributed by atoms with Crippen LogP contribution in [0.15, 0.2) is 24.3 Å². The van der Waals surface area contributed by atoms with Crippen molar-refractivity contribution in [3.63, 3.8) is 0 Å². The average Bonchev–Trinajstić information content (AvgIpc) is 2.73. The van der Waals surface area contributed by atoms with Crippen LogP contribution in [-0.4, -0.2) is 13.1 Å². The van der Waals surface area contributed by atoms with Crippen molar-refractivity contribution in [2.45, 2.75) is 38.6 Å². The van der Waals surface area contributed by atoms with Gasteiger partial charge in [0.05, 0.1) is 0 Å². The van der Waals surface area contributed by atoms with E-state index in [0.29, 0.717) is 6.04 Å². The zero-order valence-electron chi connectivity index (χ0n) is 10.7. The summed E-state index contributed by atoms with van der Waals surface area (Å²) in [5.74, 6) is 1.73. The highest BCUT2D eigenvalue weighted by molar-refractivity contribution is 6.30. The van der Waals surface area contributed by atoms with Crippen LogP contribution >= 0.6 is 11.6 Å². The van der Waals surface area contributed by atoms with E-state index in [2.05, 4.69) is 31.4 Å². The van der Waals surface area contributed by atoms with E-state index in [1.165, 1.54) is 24.8 Å². The Hall–Kier alpha value is -0.530. The Bertz CT molecular complexity index is 364. The normalized spacial score (nSPS) is 26.1. The van der Waals surface area contributed by atoms with E-state index in [0.717, 1.165) is 23.3 Å². The van der Waals surface area contributed by atoms with Gasteiger partial charge >= 0.3 is 0 Å². The Morgan fingerprint density at radius 2 is 2.24 bits per heavy atom. The van der Waals surface area contributed by atoms with Gasteiger partial charge in [-0.15, -0.1) is 0 Å². The van der Waals surface area contributed by atoms with Gasteiger partial charge in [0.25, 0.3) is 0 Å². The van der Waals surface area contributed by atoms with Gasteiger partial charge < -0.3 is 5.32 Å². The minimum Gasteiger partial charge on any atom is -0.316 e. The molecule has 2 rings (SSSR count). The largest absolute Gasteiger partial charge is 0.316 e. The van der Waals surface area contributed by atoms with Crippen molar-refractivity contribution >= 4 is 11.6 Å². The molecule has 0 aliphatic heterocycles. The number of likely N-dealkylation sites (N-methyl/N-ethyl adjacent to an activating group) is 1. The van der Waals surface area contributed by atoms with Crippen LogP contribution < -0.4 is 5.32 Å². The second-order valence-corrected chi connectivity index (χ2v) is 5.84. The average molecular weight is 252 g/mol. The number of benzene rings is 1. The van der Waals surface area contributed by atoms with E-state index in [4.69, 9.17) is 11.6 Å². The van der Waals surface area contributed by atoms with Crippen molar-refractivity contribution in [2.24, 2.45) is 11.8 Å². The molecule has 1 nitrogen and oxygen atoms in total. The summed E-state index contributed by atoms with van der Waals surface area (Å²) in [6, 6.07) is 8.84. The zero-order chi connectivity index (χ0) is 12.3. The number of hydrogen-bond donors (Lipinski definition) is 1. The third-order valence-corrected chi connectivity index (χ3v) is 4.25. The van der Waals surface area contributed by atoms with Gasteiger partial charge in [-0.2, -0.15) is 0 Å². The standard InChI is InChI=1S/C15H22ClN/c1-11-6-7-13(8-11)15(17-2)10-12-4-3-5-14(16)9-12/h3-5,9,11,13,15,17H,6-8,10H2,1-2H3. The fourth-order valence-electron chi connectivity index (χ4n) is 3.04. The van der Waals surface area contributed by atoms with Gasteiger partial charge in [-0.25, -0.2) is 0 Å². The van der Waals surface area contributed by atoms with Gasteiger partial charge in [-0.05, 0) is 55.8 Å². The molecule has 0 radical (unpaired) electrons. The molecule has 1 aromatic rings. The minimum atomic E-state index is 0.596. The number of halogens is 1. The first-order valence-electron chi connectivity index (χ1n) is 6.60. The lowest BCUT2D eigenvalue weighted by Gasteiger charge is -2.23. The van der Waals surface area contributed by atoms with E-state index in [9.17, 15) is 0 Å². The quantitative estimate of drug-likeness (QED) is 0.856. The molecule has 2 heteroatoms. The number of rotatable bonds is 4. The molecule has 1 aromatic carbocycles. The SMILES string of the molecule is CNC(Cc1cccc(Cl)c1)C1CCC(C)C1. The van der Waals surface area contributed by atoms with Crippen LogP contribution in [0.1, 0.15) is 31.7 Å². The summed E-state index contributed by atoms with van der Waals surface area (Å²) in [6.45, 7) is 2.37. The van der Waals surface area contributed by atoms with Crippen molar-refractivity contribution in [2.75, 3.05) is 7.05 Å². The van der Waals surface area contributed by atoms with Gasteiger partial charge in [0.2, 0.25) is 0 Å². The monoisotopic (exact) mass is 251 g/mol. The Kier molecular flexibility index (Phi) is 4.47. The summed E-state index contributed by atoms with van der Waals surface area (Å²) in [4.78, 5) is 0. The molecule has 1 fully saturated rings. The van der Waals surface area contributed by atoms with Gasteiger partial charge in [-0.3, -0.25) is 0 Å². The molecule has 0 aromatic heterocycles. The minimum absolute atomic E-state index is 0.596. The van der Waals surface area contributed by atoms with Gasteiger partial charge in [0.15, 0.2) is 0 Å². The van der Waals surface area contributed by atoms with Crippen LogP contribution in [-0.2, 0) is 6.42 Å². The zero-order valence-corrected chi connectivity index (χ0v) is 11.5. The smallest absolute Gasteiger partial charge is 0.0408 e. The molecule has 0 saturated heterocycles. The fourth-order valence-corrected chi connectivity index (χ4v) is 3.25. The molecule has 94 valence electrons. The van der Waals surface area contributed by atoms with Crippen LogP contribution in [0.3, 0.4) is 0 Å².